The summed E-state index contributed by atoms with van der Waals surface area (Å²) in [4.78, 5) is 16.4. The maximum Gasteiger partial charge on any atom is 0.263 e. The number of aryl methyl sites for hydroxylation is 1. The number of hydrogen-bond donors (Lipinski definition) is 2. The third-order valence-corrected chi connectivity index (χ3v) is 3.30. The van der Waals surface area contributed by atoms with Crippen molar-refractivity contribution in [1.29, 1.82) is 0 Å². The molecule has 1 fully saturated rings. The fourth-order valence-electron chi connectivity index (χ4n) is 1.34. The highest BCUT2D eigenvalue weighted by atomic mass is 32.1. The van der Waals surface area contributed by atoms with Gasteiger partial charge in [-0.2, -0.15) is 0 Å². The Morgan fingerprint density at radius 3 is 3.00 bits per heavy atom. The molecule has 0 aliphatic heterocycles. The van der Waals surface area contributed by atoms with Crippen LogP contribution in [0.4, 0.5) is 0 Å². The van der Waals surface area contributed by atoms with Gasteiger partial charge < -0.3 is 10.6 Å². The van der Waals surface area contributed by atoms with Gasteiger partial charge in [0.1, 0.15) is 4.88 Å². The van der Waals surface area contributed by atoms with E-state index in [0.29, 0.717) is 12.6 Å². The van der Waals surface area contributed by atoms with Crippen LogP contribution >= 0.6 is 11.3 Å². The number of nitrogens with zero attached hydrogens (tertiary/aromatic N) is 1. The lowest BCUT2D eigenvalue weighted by Gasteiger charge is -2.04. The average molecular weight is 225 g/mol. The third-order valence-electron chi connectivity index (χ3n) is 2.37. The summed E-state index contributed by atoms with van der Waals surface area (Å²) in [6.07, 6.45) is 2.56. The fourth-order valence-corrected chi connectivity index (χ4v) is 2.06. The summed E-state index contributed by atoms with van der Waals surface area (Å²) in [6, 6.07) is 0.701. The van der Waals surface area contributed by atoms with Gasteiger partial charge in [0.05, 0.1) is 11.2 Å². The number of aromatic nitrogens is 1. The molecule has 1 amide bonds. The van der Waals surface area contributed by atoms with E-state index in [0.717, 1.165) is 17.1 Å². The molecule has 1 aromatic rings. The molecule has 5 heteroatoms. The van der Waals surface area contributed by atoms with E-state index in [9.17, 15) is 4.79 Å². The maximum absolute atomic E-state index is 11.6. The van der Waals surface area contributed by atoms with Crippen LogP contribution in [0.5, 0.6) is 0 Å². The second kappa shape index (κ2) is 4.72. The Labute approximate surface area is 93.1 Å². The summed E-state index contributed by atoms with van der Waals surface area (Å²) in [5.74, 6) is -0.00685. The summed E-state index contributed by atoms with van der Waals surface area (Å²) in [5.41, 5.74) is 2.51. The van der Waals surface area contributed by atoms with Crippen LogP contribution in [-0.2, 0) is 0 Å². The quantitative estimate of drug-likeness (QED) is 0.733. The Morgan fingerprint density at radius 2 is 2.40 bits per heavy atom. The van der Waals surface area contributed by atoms with Crippen LogP contribution in [0, 0.1) is 6.92 Å². The highest BCUT2D eigenvalue weighted by Crippen LogP contribution is 2.17. The van der Waals surface area contributed by atoms with Gasteiger partial charge in [-0.25, -0.2) is 4.98 Å². The number of carbonyl (C=O) groups is 1. The first-order chi connectivity index (χ1) is 7.27. The molecule has 1 heterocycles. The number of amides is 1. The van der Waals surface area contributed by atoms with E-state index >= 15 is 0 Å². The minimum Gasteiger partial charge on any atom is -0.350 e. The predicted octanol–water partition coefficient (Wildman–Crippen LogP) is 0.933. The Balaban J connectivity index is 1.69. The van der Waals surface area contributed by atoms with Crippen LogP contribution in [-0.4, -0.2) is 30.0 Å². The molecule has 82 valence electrons. The number of carbonyl (C=O) groups excluding carboxylic acids is 1. The topological polar surface area (TPSA) is 54.0 Å². The molecular formula is C10H15N3OS. The average Bonchev–Trinajstić information content (AvgIpc) is 2.94. The Morgan fingerprint density at radius 1 is 1.60 bits per heavy atom. The number of rotatable bonds is 5. The van der Waals surface area contributed by atoms with E-state index in [4.69, 9.17) is 0 Å². The molecule has 15 heavy (non-hydrogen) atoms. The van der Waals surface area contributed by atoms with Gasteiger partial charge >= 0.3 is 0 Å². The lowest BCUT2D eigenvalue weighted by atomic mass is 10.4. The molecular weight excluding hydrogens is 210 g/mol. The zero-order valence-corrected chi connectivity index (χ0v) is 9.56. The van der Waals surface area contributed by atoms with Crippen LogP contribution in [0.15, 0.2) is 5.51 Å². The molecule has 0 saturated heterocycles. The summed E-state index contributed by atoms with van der Waals surface area (Å²) >= 11 is 1.39. The van der Waals surface area contributed by atoms with Gasteiger partial charge in [-0.05, 0) is 19.8 Å². The van der Waals surface area contributed by atoms with Crippen molar-refractivity contribution in [3.8, 4) is 0 Å². The number of hydrogen-bond acceptors (Lipinski definition) is 4. The maximum atomic E-state index is 11.6. The normalized spacial score (nSPS) is 15.3. The molecule has 0 radical (unpaired) electrons. The van der Waals surface area contributed by atoms with E-state index in [2.05, 4.69) is 15.6 Å². The predicted molar refractivity (Wildman–Crippen MR) is 60.2 cm³/mol. The summed E-state index contributed by atoms with van der Waals surface area (Å²) < 4.78 is 0. The van der Waals surface area contributed by atoms with Crippen molar-refractivity contribution in [2.24, 2.45) is 0 Å². The van der Waals surface area contributed by atoms with Crippen LogP contribution in [0.1, 0.15) is 28.2 Å². The van der Waals surface area contributed by atoms with Crippen molar-refractivity contribution in [3.63, 3.8) is 0 Å². The minimum absolute atomic E-state index is 0.00685. The van der Waals surface area contributed by atoms with E-state index in [1.54, 1.807) is 5.51 Å². The fraction of sp³-hybridized carbons (Fsp3) is 0.600. The van der Waals surface area contributed by atoms with Crippen molar-refractivity contribution in [1.82, 2.24) is 15.6 Å². The zero-order valence-electron chi connectivity index (χ0n) is 8.75. The van der Waals surface area contributed by atoms with Crippen molar-refractivity contribution in [2.75, 3.05) is 13.1 Å². The summed E-state index contributed by atoms with van der Waals surface area (Å²) in [5, 5.41) is 6.22. The van der Waals surface area contributed by atoms with Gasteiger partial charge in [0.25, 0.3) is 5.91 Å². The molecule has 1 aliphatic rings. The first kappa shape index (κ1) is 10.6. The second-order valence-electron chi connectivity index (χ2n) is 3.75. The summed E-state index contributed by atoms with van der Waals surface area (Å²) in [6.45, 7) is 3.40. The van der Waals surface area contributed by atoms with Gasteiger partial charge in [0.2, 0.25) is 0 Å². The van der Waals surface area contributed by atoms with Crippen molar-refractivity contribution in [2.45, 2.75) is 25.8 Å². The van der Waals surface area contributed by atoms with Crippen LogP contribution < -0.4 is 10.6 Å². The molecule has 0 unspecified atom stereocenters. The molecule has 0 atom stereocenters. The summed E-state index contributed by atoms with van der Waals surface area (Å²) in [7, 11) is 0. The smallest absolute Gasteiger partial charge is 0.263 e. The lowest BCUT2D eigenvalue weighted by molar-refractivity contribution is 0.0957. The number of thiazole rings is 1. The van der Waals surface area contributed by atoms with E-state index in [1.807, 2.05) is 6.92 Å². The first-order valence-electron chi connectivity index (χ1n) is 5.19. The lowest BCUT2D eigenvalue weighted by Crippen LogP contribution is -2.32. The second-order valence-corrected chi connectivity index (χ2v) is 4.61. The standard InChI is InChI=1S/C10H15N3OS/c1-7-9(15-6-13-7)10(14)12-5-4-11-8-2-3-8/h6,8,11H,2-5H2,1H3,(H,12,14). The Kier molecular flexibility index (Phi) is 3.33. The van der Waals surface area contributed by atoms with Crippen molar-refractivity contribution < 1.29 is 4.79 Å². The van der Waals surface area contributed by atoms with Crippen molar-refractivity contribution in [3.05, 3.63) is 16.1 Å². The van der Waals surface area contributed by atoms with E-state index < -0.39 is 0 Å². The SMILES string of the molecule is Cc1ncsc1C(=O)NCCNC1CC1. The zero-order chi connectivity index (χ0) is 10.7. The van der Waals surface area contributed by atoms with Gasteiger partial charge in [-0.3, -0.25) is 4.79 Å². The van der Waals surface area contributed by atoms with E-state index in [1.165, 1.54) is 24.2 Å². The Bertz CT molecular complexity index is 346. The molecule has 0 bridgehead atoms. The third kappa shape index (κ3) is 3.00. The van der Waals surface area contributed by atoms with Gasteiger partial charge in [0.15, 0.2) is 0 Å². The molecule has 0 aromatic carbocycles. The van der Waals surface area contributed by atoms with Gasteiger partial charge in [-0.15, -0.1) is 11.3 Å². The largest absolute Gasteiger partial charge is 0.350 e. The van der Waals surface area contributed by atoms with Crippen LogP contribution in [0.3, 0.4) is 0 Å². The van der Waals surface area contributed by atoms with Crippen molar-refractivity contribution >= 4 is 17.2 Å². The molecule has 2 rings (SSSR count). The number of nitrogens with one attached hydrogen (secondary N) is 2. The Hall–Kier alpha value is -0.940. The van der Waals surface area contributed by atoms with Crippen LogP contribution in [0.2, 0.25) is 0 Å². The molecule has 2 N–H and O–H groups in total. The molecule has 1 saturated carbocycles. The van der Waals surface area contributed by atoms with Gasteiger partial charge in [-0.1, -0.05) is 0 Å². The minimum atomic E-state index is -0.00685. The highest BCUT2D eigenvalue weighted by Gasteiger charge is 2.19. The monoisotopic (exact) mass is 225 g/mol. The molecule has 1 aromatic heterocycles. The highest BCUT2D eigenvalue weighted by molar-refractivity contribution is 7.11. The van der Waals surface area contributed by atoms with E-state index in [-0.39, 0.29) is 5.91 Å². The van der Waals surface area contributed by atoms with Gasteiger partial charge in [0, 0.05) is 19.1 Å². The first-order valence-corrected chi connectivity index (χ1v) is 6.07. The molecule has 1 aliphatic carbocycles. The molecule has 4 nitrogen and oxygen atoms in total. The molecule has 0 spiro atoms. The van der Waals surface area contributed by atoms with Crippen LogP contribution in [0.25, 0.3) is 0 Å².